The fourth-order valence-electron chi connectivity index (χ4n) is 1.35. The summed E-state index contributed by atoms with van der Waals surface area (Å²) >= 11 is 6.01. The molecule has 0 aliphatic heterocycles. The van der Waals surface area contributed by atoms with E-state index in [4.69, 9.17) is 11.6 Å². The molecule has 1 aromatic carbocycles. The van der Waals surface area contributed by atoms with Gasteiger partial charge in [0, 0.05) is 7.05 Å². The second-order valence-corrected chi connectivity index (χ2v) is 3.61. The van der Waals surface area contributed by atoms with Gasteiger partial charge in [0.1, 0.15) is 0 Å². The van der Waals surface area contributed by atoms with Crippen LogP contribution in [0.3, 0.4) is 0 Å². The fraction of sp³-hybridized carbons (Fsp3) is 0.222. The van der Waals surface area contributed by atoms with Crippen LogP contribution in [-0.2, 0) is 7.05 Å². The van der Waals surface area contributed by atoms with Gasteiger partial charge in [0.25, 0.3) is 0 Å². The lowest BCUT2D eigenvalue weighted by atomic mass is 10.2. The molecule has 0 N–H and O–H groups in total. The van der Waals surface area contributed by atoms with Crippen molar-refractivity contribution < 1.29 is 0 Å². The van der Waals surface area contributed by atoms with Crippen LogP contribution in [0.5, 0.6) is 0 Å². The number of aryl methyl sites for hydroxylation is 2. The van der Waals surface area contributed by atoms with Crippen molar-refractivity contribution in [3.05, 3.63) is 39.3 Å². The first-order chi connectivity index (χ1) is 7.11. The van der Waals surface area contributed by atoms with Crippen molar-refractivity contribution in [2.45, 2.75) is 6.92 Å². The van der Waals surface area contributed by atoms with E-state index in [1.54, 1.807) is 6.07 Å². The molecule has 1 aromatic heterocycles. The summed E-state index contributed by atoms with van der Waals surface area (Å²) in [6.45, 7) is 1.86. The Morgan fingerprint density at radius 3 is 2.60 bits per heavy atom. The van der Waals surface area contributed by atoms with Gasteiger partial charge in [0.05, 0.1) is 10.7 Å². The van der Waals surface area contributed by atoms with Crippen LogP contribution in [0.15, 0.2) is 23.0 Å². The SMILES string of the molecule is Cc1cccc(Cl)c1-n1nnn(C)c1=O. The van der Waals surface area contributed by atoms with Gasteiger partial charge < -0.3 is 0 Å². The van der Waals surface area contributed by atoms with E-state index in [9.17, 15) is 4.79 Å². The van der Waals surface area contributed by atoms with Crippen LogP contribution in [0.2, 0.25) is 5.02 Å². The van der Waals surface area contributed by atoms with Gasteiger partial charge in [0.15, 0.2) is 0 Å². The minimum atomic E-state index is -0.314. The molecular formula is C9H9ClN4O. The van der Waals surface area contributed by atoms with E-state index >= 15 is 0 Å². The molecule has 1 heterocycles. The van der Waals surface area contributed by atoms with E-state index in [2.05, 4.69) is 10.4 Å². The molecular weight excluding hydrogens is 216 g/mol. The number of halogens is 1. The number of rotatable bonds is 1. The van der Waals surface area contributed by atoms with Crippen LogP contribution < -0.4 is 5.69 Å². The maximum absolute atomic E-state index is 11.6. The highest BCUT2D eigenvalue weighted by Gasteiger charge is 2.11. The third kappa shape index (κ3) is 1.55. The van der Waals surface area contributed by atoms with Crippen LogP contribution in [-0.4, -0.2) is 19.8 Å². The van der Waals surface area contributed by atoms with Crippen molar-refractivity contribution in [3.63, 3.8) is 0 Å². The normalized spacial score (nSPS) is 10.6. The maximum atomic E-state index is 11.6. The topological polar surface area (TPSA) is 52.7 Å². The largest absolute Gasteiger partial charge is 0.368 e. The second kappa shape index (κ2) is 3.51. The standard InChI is InChI=1S/C9H9ClN4O/c1-6-4-3-5-7(10)8(6)14-9(15)13(2)11-12-14/h3-5H,1-2H3. The first-order valence-electron chi connectivity index (χ1n) is 4.36. The summed E-state index contributed by atoms with van der Waals surface area (Å²) in [4.78, 5) is 11.6. The summed E-state index contributed by atoms with van der Waals surface area (Å²) < 4.78 is 2.35. The van der Waals surface area contributed by atoms with Crippen molar-refractivity contribution in [2.24, 2.45) is 7.05 Å². The first-order valence-corrected chi connectivity index (χ1v) is 4.73. The summed E-state index contributed by atoms with van der Waals surface area (Å²) in [7, 11) is 1.54. The second-order valence-electron chi connectivity index (χ2n) is 3.20. The van der Waals surface area contributed by atoms with Crippen LogP contribution in [0.25, 0.3) is 5.69 Å². The van der Waals surface area contributed by atoms with Crippen molar-refractivity contribution >= 4 is 11.6 Å². The van der Waals surface area contributed by atoms with Crippen molar-refractivity contribution in [1.82, 2.24) is 19.8 Å². The van der Waals surface area contributed by atoms with Crippen LogP contribution in [0, 0.1) is 6.92 Å². The van der Waals surface area contributed by atoms with Crippen molar-refractivity contribution in [3.8, 4) is 5.69 Å². The Morgan fingerprint density at radius 2 is 2.07 bits per heavy atom. The molecule has 78 valence electrons. The van der Waals surface area contributed by atoms with Crippen LogP contribution >= 0.6 is 11.6 Å². The lowest BCUT2D eigenvalue weighted by Crippen LogP contribution is -2.22. The zero-order valence-corrected chi connectivity index (χ0v) is 9.06. The third-order valence-corrected chi connectivity index (χ3v) is 2.43. The number of hydrogen-bond donors (Lipinski definition) is 0. The zero-order valence-electron chi connectivity index (χ0n) is 8.31. The molecule has 0 atom stereocenters. The van der Waals surface area contributed by atoms with E-state index in [-0.39, 0.29) is 5.69 Å². The lowest BCUT2D eigenvalue weighted by Gasteiger charge is -2.04. The Morgan fingerprint density at radius 1 is 1.33 bits per heavy atom. The van der Waals surface area contributed by atoms with Gasteiger partial charge in [-0.2, -0.15) is 9.36 Å². The molecule has 0 amide bonds. The van der Waals surface area contributed by atoms with Gasteiger partial charge in [0.2, 0.25) is 0 Å². The molecule has 0 aliphatic carbocycles. The third-order valence-electron chi connectivity index (χ3n) is 2.12. The highest BCUT2D eigenvalue weighted by atomic mass is 35.5. The number of tetrazole rings is 1. The van der Waals surface area contributed by atoms with Gasteiger partial charge in [-0.05, 0) is 29.0 Å². The minimum Gasteiger partial charge on any atom is -0.244 e. The van der Waals surface area contributed by atoms with Gasteiger partial charge in [-0.15, -0.1) is 0 Å². The molecule has 0 aliphatic rings. The summed E-state index contributed by atoms with van der Waals surface area (Å²) in [5.41, 5.74) is 1.15. The van der Waals surface area contributed by atoms with Crippen molar-refractivity contribution in [2.75, 3.05) is 0 Å². The number of aromatic nitrogens is 4. The average Bonchev–Trinajstić information content (AvgIpc) is 2.49. The molecule has 0 saturated carbocycles. The molecule has 0 saturated heterocycles. The Balaban J connectivity index is 2.75. The molecule has 0 fully saturated rings. The molecule has 0 radical (unpaired) electrons. The van der Waals surface area contributed by atoms with E-state index < -0.39 is 0 Å². The van der Waals surface area contributed by atoms with E-state index in [1.165, 1.54) is 11.7 Å². The quantitative estimate of drug-likeness (QED) is 0.724. The van der Waals surface area contributed by atoms with Gasteiger partial charge in [-0.3, -0.25) is 0 Å². The van der Waals surface area contributed by atoms with E-state index in [0.717, 1.165) is 10.2 Å². The number of nitrogens with zero attached hydrogens (tertiary/aromatic N) is 4. The van der Waals surface area contributed by atoms with Crippen LogP contribution in [0.4, 0.5) is 0 Å². The molecule has 15 heavy (non-hydrogen) atoms. The minimum absolute atomic E-state index is 0.314. The molecule has 2 rings (SSSR count). The highest BCUT2D eigenvalue weighted by Crippen LogP contribution is 2.21. The molecule has 2 aromatic rings. The molecule has 0 unspecified atom stereocenters. The Kier molecular flexibility index (Phi) is 2.32. The predicted octanol–water partition coefficient (Wildman–Crippen LogP) is 0.928. The van der Waals surface area contributed by atoms with Crippen LogP contribution in [0.1, 0.15) is 5.56 Å². The molecule has 6 heteroatoms. The zero-order chi connectivity index (χ0) is 11.0. The Bertz CT molecular complexity index is 537. The molecule has 5 nitrogen and oxygen atoms in total. The summed E-state index contributed by atoms with van der Waals surface area (Å²) in [6, 6.07) is 5.40. The molecule has 0 spiro atoms. The van der Waals surface area contributed by atoms with E-state index in [1.807, 2.05) is 19.1 Å². The summed E-state index contributed by atoms with van der Waals surface area (Å²) in [6.07, 6.45) is 0. The monoisotopic (exact) mass is 224 g/mol. The maximum Gasteiger partial charge on any atom is 0.368 e. The first kappa shape index (κ1) is 9.92. The number of benzene rings is 1. The smallest absolute Gasteiger partial charge is 0.244 e. The lowest BCUT2D eigenvalue weighted by molar-refractivity contribution is 0.692. The average molecular weight is 225 g/mol. The predicted molar refractivity (Wildman–Crippen MR) is 56.3 cm³/mol. The number of hydrogen-bond acceptors (Lipinski definition) is 3. The number of para-hydroxylation sites is 1. The fourth-order valence-corrected chi connectivity index (χ4v) is 1.65. The van der Waals surface area contributed by atoms with Crippen molar-refractivity contribution in [1.29, 1.82) is 0 Å². The van der Waals surface area contributed by atoms with Gasteiger partial charge in [-0.25, -0.2) is 4.79 Å². The van der Waals surface area contributed by atoms with Gasteiger partial charge >= 0.3 is 5.69 Å². The van der Waals surface area contributed by atoms with E-state index in [0.29, 0.717) is 10.7 Å². The summed E-state index contributed by atoms with van der Waals surface area (Å²) in [5, 5.41) is 7.86. The molecule has 0 bridgehead atoms. The highest BCUT2D eigenvalue weighted by molar-refractivity contribution is 6.32. The Labute approximate surface area is 90.9 Å². The van der Waals surface area contributed by atoms with Gasteiger partial charge in [-0.1, -0.05) is 23.7 Å². The summed E-state index contributed by atoms with van der Waals surface area (Å²) in [5.74, 6) is 0. The Hall–Kier alpha value is -1.62.